The van der Waals surface area contributed by atoms with Gasteiger partial charge in [-0.15, -0.1) is 0 Å². The van der Waals surface area contributed by atoms with Crippen LogP contribution in [-0.4, -0.2) is 12.4 Å². The van der Waals surface area contributed by atoms with Crippen molar-refractivity contribution in [2.45, 2.75) is 19.8 Å². The molecule has 0 aromatic heterocycles. The standard InChI is InChI=1S/C9H12O2/c1-2-3-4-9(10)8-5-6-11-7-8/h3-4,7H,2,5-6H2,1H3/b4-3+. The summed E-state index contributed by atoms with van der Waals surface area (Å²) in [4.78, 5) is 11.2. The van der Waals surface area contributed by atoms with E-state index in [2.05, 4.69) is 0 Å². The SMILES string of the molecule is CC/C=C/C(=O)C1=COCC1. The molecule has 0 aromatic carbocycles. The van der Waals surface area contributed by atoms with Crippen LogP contribution in [-0.2, 0) is 9.53 Å². The highest BCUT2D eigenvalue weighted by atomic mass is 16.5. The average molecular weight is 152 g/mol. The van der Waals surface area contributed by atoms with Crippen molar-refractivity contribution in [3.8, 4) is 0 Å². The van der Waals surface area contributed by atoms with E-state index >= 15 is 0 Å². The van der Waals surface area contributed by atoms with E-state index < -0.39 is 0 Å². The Labute approximate surface area is 66.5 Å². The van der Waals surface area contributed by atoms with Gasteiger partial charge in [-0.25, -0.2) is 0 Å². The fourth-order valence-corrected chi connectivity index (χ4v) is 0.901. The van der Waals surface area contributed by atoms with Crippen molar-refractivity contribution < 1.29 is 9.53 Å². The van der Waals surface area contributed by atoms with Crippen LogP contribution in [0.15, 0.2) is 24.0 Å². The Hall–Kier alpha value is -1.05. The Balaban J connectivity index is 2.47. The Morgan fingerprint density at radius 2 is 2.64 bits per heavy atom. The molecule has 1 aliphatic rings. The van der Waals surface area contributed by atoms with Crippen molar-refractivity contribution in [1.29, 1.82) is 0 Å². The predicted molar refractivity (Wildman–Crippen MR) is 43.1 cm³/mol. The van der Waals surface area contributed by atoms with Crippen molar-refractivity contribution >= 4 is 5.78 Å². The number of hydrogen-bond acceptors (Lipinski definition) is 2. The predicted octanol–water partition coefficient (Wildman–Crippen LogP) is 1.83. The molecule has 0 spiro atoms. The minimum atomic E-state index is 0.0874. The van der Waals surface area contributed by atoms with Gasteiger partial charge in [0.15, 0.2) is 5.78 Å². The normalized spacial score (nSPS) is 16.6. The summed E-state index contributed by atoms with van der Waals surface area (Å²) in [5.74, 6) is 0.0874. The van der Waals surface area contributed by atoms with Crippen LogP contribution in [0.1, 0.15) is 19.8 Å². The Morgan fingerprint density at radius 1 is 1.82 bits per heavy atom. The molecular formula is C9H12O2. The summed E-state index contributed by atoms with van der Waals surface area (Å²) in [6.45, 7) is 2.66. The molecule has 2 nitrogen and oxygen atoms in total. The lowest BCUT2D eigenvalue weighted by Gasteiger charge is -1.89. The van der Waals surface area contributed by atoms with Crippen LogP contribution < -0.4 is 0 Å². The van der Waals surface area contributed by atoms with Gasteiger partial charge >= 0.3 is 0 Å². The molecule has 0 unspecified atom stereocenters. The summed E-state index contributed by atoms with van der Waals surface area (Å²) in [5, 5.41) is 0. The van der Waals surface area contributed by atoms with E-state index in [9.17, 15) is 4.79 Å². The van der Waals surface area contributed by atoms with Crippen molar-refractivity contribution in [2.75, 3.05) is 6.61 Å². The van der Waals surface area contributed by atoms with E-state index in [-0.39, 0.29) is 5.78 Å². The summed E-state index contributed by atoms with van der Waals surface area (Å²) in [6, 6.07) is 0. The molecule has 0 N–H and O–H groups in total. The van der Waals surface area contributed by atoms with Gasteiger partial charge in [-0.1, -0.05) is 13.0 Å². The third kappa shape index (κ3) is 2.22. The highest BCUT2D eigenvalue weighted by Crippen LogP contribution is 2.11. The first kappa shape index (κ1) is 8.05. The molecule has 0 aliphatic carbocycles. The maximum absolute atomic E-state index is 11.2. The topological polar surface area (TPSA) is 26.3 Å². The molecule has 0 amide bonds. The maximum Gasteiger partial charge on any atom is 0.184 e. The van der Waals surface area contributed by atoms with E-state index in [4.69, 9.17) is 4.74 Å². The van der Waals surface area contributed by atoms with Crippen molar-refractivity contribution in [3.05, 3.63) is 24.0 Å². The largest absolute Gasteiger partial charge is 0.500 e. The lowest BCUT2D eigenvalue weighted by Crippen LogP contribution is -1.95. The second-order valence-corrected chi connectivity index (χ2v) is 2.44. The molecule has 1 aliphatic heterocycles. The molecule has 11 heavy (non-hydrogen) atoms. The first-order valence-electron chi connectivity index (χ1n) is 3.86. The number of carbonyl (C=O) groups excluding carboxylic acids is 1. The van der Waals surface area contributed by atoms with Gasteiger partial charge < -0.3 is 4.74 Å². The molecule has 60 valence electrons. The first-order valence-corrected chi connectivity index (χ1v) is 3.86. The quantitative estimate of drug-likeness (QED) is 0.576. The first-order chi connectivity index (χ1) is 5.34. The fourth-order valence-electron chi connectivity index (χ4n) is 0.901. The zero-order chi connectivity index (χ0) is 8.10. The monoisotopic (exact) mass is 152 g/mol. The van der Waals surface area contributed by atoms with Crippen LogP contribution >= 0.6 is 0 Å². The zero-order valence-electron chi connectivity index (χ0n) is 6.67. The summed E-state index contributed by atoms with van der Waals surface area (Å²) in [6.07, 6.45) is 6.69. The second-order valence-electron chi connectivity index (χ2n) is 2.44. The Kier molecular flexibility index (Phi) is 2.90. The molecule has 0 bridgehead atoms. The molecule has 1 heterocycles. The smallest absolute Gasteiger partial charge is 0.184 e. The van der Waals surface area contributed by atoms with E-state index in [1.54, 1.807) is 12.3 Å². The second kappa shape index (κ2) is 3.96. The zero-order valence-corrected chi connectivity index (χ0v) is 6.67. The fraction of sp³-hybridized carbons (Fsp3) is 0.444. The lowest BCUT2D eigenvalue weighted by atomic mass is 10.1. The third-order valence-electron chi connectivity index (χ3n) is 1.54. The van der Waals surface area contributed by atoms with Crippen LogP contribution in [0.5, 0.6) is 0 Å². The van der Waals surface area contributed by atoms with Crippen LogP contribution in [0.25, 0.3) is 0 Å². The average Bonchev–Trinajstić information content (AvgIpc) is 2.52. The van der Waals surface area contributed by atoms with E-state index in [1.165, 1.54) is 0 Å². The van der Waals surface area contributed by atoms with Gasteiger partial charge in [-0.05, 0) is 12.5 Å². The molecule has 2 heteroatoms. The van der Waals surface area contributed by atoms with Crippen molar-refractivity contribution in [1.82, 2.24) is 0 Å². The van der Waals surface area contributed by atoms with Crippen molar-refractivity contribution in [3.63, 3.8) is 0 Å². The van der Waals surface area contributed by atoms with Gasteiger partial charge in [0.2, 0.25) is 0 Å². The van der Waals surface area contributed by atoms with Crippen LogP contribution in [0.3, 0.4) is 0 Å². The number of ketones is 1. The van der Waals surface area contributed by atoms with Crippen LogP contribution in [0.2, 0.25) is 0 Å². The minimum absolute atomic E-state index is 0.0874. The number of allylic oxidation sites excluding steroid dienone is 2. The number of hydrogen-bond donors (Lipinski definition) is 0. The van der Waals surface area contributed by atoms with Gasteiger partial charge in [-0.3, -0.25) is 4.79 Å². The molecule has 0 atom stereocenters. The Morgan fingerprint density at radius 3 is 3.18 bits per heavy atom. The molecule has 0 saturated carbocycles. The van der Waals surface area contributed by atoms with E-state index in [0.717, 1.165) is 18.4 Å². The summed E-state index contributed by atoms with van der Waals surface area (Å²) in [5.41, 5.74) is 0.787. The van der Waals surface area contributed by atoms with Crippen LogP contribution in [0, 0.1) is 0 Å². The molecule has 0 saturated heterocycles. The lowest BCUT2D eigenvalue weighted by molar-refractivity contribution is -0.111. The number of ether oxygens (including phenoxy) is 1. The molecule has 0 radical (unpaired) electrons. The van der Waals surface area contributed by atoms with Gasteiger partial charge in [0, 0.05) is 12.0 Å². The third-order valence-corrected chi connectivity index (χ3v) is 1.54. The van der Waals surface area contributed by atoms with Gasteiger partial charge in [0.05, 0.1) is 12.9 Å². The highest BCUT2D eigenvalue weighted by molar-refractivity contribution is 6.03. The van der Waals surface area contributed by atoms with Gasteiger partial charge in [-0.2, -0.15) is 0 Å². The van der Waals surface area contributed by atoms with Crippen LogP contribution in [0.4, 0.5) is 0 Å². The molecule has 0 fully saturated rings. The minimum Gasteiger partial charge on any atom is -0.500 e. The molecule has 0 aromatic rings. The number of carbonyl (C=O) groups is 1. The van der Waals surface area contributed by atoms with Gasteiger partial charge in [0.1, 0.15) is 0 Å². The maximum atomic E-state index is 11.2. The van der Waals surface area contributed by atoms with Crippen molar-refractivity contribution in [2.24, 2.45) is 0 Å². The van der Waals surface area contributed by atoms with Gasteiger partial charge in [0.25, 0.3) is 0 Å². The van der Waals surface area contributed by atoms with E-state index in [0.29, 0.717) is 6.61 Å². The Bertz CT molecular complexity index is 202. The summed E-state index contributed by atoms with van der Waals surface area (Å²) < 4.78 is 4.94. The summed E-state index contributed by atoms with van der Waals surface area (Å²) >= 11 is 0. The molecule has 1 rings (SSSR count). The summed E-state index contributed by atoms with van der Waals surface area (Å²) in [7, 11) is 0. The number of rotatable bonds is 3. The highest BCUT2D eigenvalue weighted by Gasteiger charge is 2.10. The van der Waals surface area contributed by atoms with E-state index in [1.807, 2.05) is 13.0 Å². The molecular weight excluding hydrogens is 140 g/mol.